The Hall–Kier alpha value is -1.88. The van der Waals surface area contributed by atoms with Crippen molar-refractivity contribution in [2.45, 2.75) is 26.2 Å². The van der Waals surface area contributed by atoms with Crippen molar-refractivity contribution in [2.24, 2.45) is 0 Å². The van der Waals surface area contributed by atoms with E-state index in [0.29, 0.717) is 5.69 Å². The second kappa shape index (κ2) is 7.13. The maximum atomic E-state index is 12.4. The number of anilines is 2. The maximum Gasteiger partial charge on any atom is 0.274 e. The molecule has 120 valence electrons. The summed E-state index contributed by atoms with van der Waals surface area (Å²) in [7, 11) is 0. The molecule has 2 aromatic rings. The molecule has 0 atom stereocenters. The van der Waals surface area contributed by atoms with Crippen molar-refractivity contribution in [1.29, 1.82) is 0 Å². The lowest BCUT2D eigenvalue weighted by Crippen LogP contribution is -2.29. The summed E-state index contributed by atoms with van der Waals surface area (Å²) in [6.45, 7) is 4.10. The van der Waals surface area contributed by atoms with E-state index in [0.717, 1.165) is 34.5 Å². The fraction of sp³-hybridized carbons (Fsp3) is 0.333. The van der Waals surface area contributed by atoms with Gasteiger partial charge in [0.1, 0.15) is 5.69 Å². The lowest BCUT2D eigenvalue weighted by Gasteiger charge is -2.28. The zero-order valence-corrected chi connectivity index (χ0v) is 14.8. The first-order valence-electron chi connectivity index (χ1n) is 7.92. The Kier molecular flexibility index (Phi) is 4.96. The Balaban J connectivity index is 1.75. The largest absolute Gasteiger partial charge is 0.371 e. The van der Waals surface area contributed by atoms with E-state index >= 15 is 0 Å². The number of carbonyl (C=O) groups excluding carboxylic acids is 1. The quantitative estimate of drug-likeness (QED) is 0.867. The van der Waals surface area contributed by atoms with Gasteiger partial charge in [-0.05, 0) is 62.1 Å². The van der Waals surface area contributed by atoms with Crippen molar-refractivity contribution in [3.05, 3.63) is 52.3 Å². The summed E-state index contributed by atoms with van der Waals surface area (Å²) in [6, 6.07) is 9.61. The number of halogens is 1. The molecule has 1 aromatic heterocycles. The van der Waals surface area contributed by atoms with Gasteiger partial charge in [0.25, 0.3) is 5.91 Å². The Morgan fingerprint density at radius 3 is 2.70 bits per heavy atom. The second-order valence-corrected chi connectivity index (χ2v) is 6.72. The van der Waals surface area contributed by atoms with E-state index in [9.17, 15) is 4.79 Å². The standard InChI is InChI=1S/C18H20BrN3O/c1-13-11-14(5-6-16(13)19)21-18(23)17-12-15(7-8-20-17)22-9-3-2-4-10-22/h5-8,11-12H,2-4,9-10H2,1H3,(H,21,23). The van der Waals surface area contributed by atoms with Gasteiger partial charge < -0.3 is 10.2 Å². The molecule has 0 unspecified atom stereocenters. The number of hydrogen-bond donors (Lipinski definition) is 1. The molecule has 0 bridgehead atoms. The van der Waals surface area contributed by atoms with Crippen LogP contribution in [0.15, 0.2) is 41.0 Å². The Bertz CT molecular complexity index is 711. The van der Waals surface area contributed by atoms with Crippen LogP contribution >= 0.6 is 15.9 Å². The average Bonchev–Trinajstić information content (AvgIpc) is 2.59. The second-order valence-electron chi connectivity index (χ2n) is 5.87. The van der Waals surface area contributed by atoms with Crippen LogP contribution in [-0.4, -0.2) is 24.0 Å². The highest BCUT2D eigenvalue weighted by Crippen LogP contribution is 2.22. The van der Waals surface area contributed by atoms with Crippen LogP contribution in [0.1, 0.15) is 35.3 Å². The molecule has 1 aliphatic rings. The Morgan fingerprint density at radius 2 is 1.96 bits per heavy atom. The van der Waals surface area contributed by atoms with Crippen molar-refractivity contribution in [1.82, 2.24) is 4.98 Å². The third-order valence-electron chi connectivity index (χ3n) is 4.11. The number of aryl methyl sites for hydroxylation is 1. The molecule has 2 heterocycles. The van der Waals surface area contributed by atoms with E-state index < -0.39 is 0 Å². The van der Waals surface area contributed by atoms with Crippen LogP contribution < -0.4 is 10.2 Å². The van der Waals surface area contributed by atoms with Gasteiger partial charge in [0.2, 0.25) is 0 Å². The third kappa shape index (κ3) is 3.91. The molecule has 1 fully saturated rings. The topological polar surface area (TPSA) is 45.2 Å². The average molecular weight is 374 g/mol. The molecule has 5 heteroatoms. The highest BCUT2D eigenvalue weighted by molar-refractivity contribution is 9.10. The molecule has 1 N–H and O–H groups in total. The molecule has 1 amide bonds. The number of hydrogen-bond acceptors (Lipinski definition) is 3. The first-order valence-corrected chi connectivity index (χ1v) is 8.71. The van der Waals surface area contributed by atoms with Gasteiger partial charge in [0, 0.05) is 35.1 Å². The predicted octanol–water partition coefficient (Wildman–Crippen LogP) is 4.40. The van der Waals surface area contributed by atoms with Crippen molar-refractivity contribution in [2.75, 3.05) is 23.3 Å². The molecule has 1 saturated heterocycles. The first kappa shape index (κ1) is 16.0. The summed E-state index contributed by atoms with van der Waals surface area (Å²) in [5.74, 6) is -0.175. The molecule has 0 aliphatic carbocycles. The first-order chi connectivity index (χ1) is 11.1. The van der Waals surface area contributed by atoms with Crippen LogP contribution in [0.3, 0.4) is 0 Å². The van der Waals surface area contributed by atoms with Crippen LogP contribution in [0.25, 0.3) is 0 Å². The smallest absolute Gasteiger partial charge is 0.274 e. The van der Waals surface area contributed by atoms with E-state index in [1.807, 2.05) is 37.3 Å². The monoisotopic (exact) mass is 373 g/mol. The summed E-state index contributed by atoms with van der Waals surface area (Å²) in [5.41, 5.74) is 3.39. The molecule has 3 rings (SSSR count). The molecule has 4 nitrogen and oxygen atoms in total. The lowest BCUT2D eigenvalue weighted by molar-refractivity contribution is 0.102. The normalized spacial score (nSPS) is 14.6. The highest BCUT2D eigenvalue weighted by atomic mass is 79.9. The summed E-state index contributed by atoms with van der Waals surface area (Å²) in [5, 5.41) is 2.92. The zero-order chi connectivity index (χ0) is 16.2. The van der Waals surface area contributed by atoms with Crippen LogP contribution in [-0.2, 0) is 0 Å². The van der Waals surface area contributed by atoms with E-state index in [2.05, 4.69) is 31.1 Å². The summed E-state index contributed by atoms with van der Waals surface area (Å²) in [6.07, 6.45) is 5.42. The van der Waals surface area contributed by atoms with E-state index in [1.54, 1.807) is 6.20 Å². The predicted molar refractivity (Wildman–Crippen MR) is 97.1 cm³/mol. The minimum Gasteiger partial charge on any atom is -0.371 e. The van der Waals surface area contributed by atoms with Gasteiger partial charge in [0.05, 0.1) is 0 Å². The molecule has 23 heavy (non-hydrogen) atoms. The van der Waals surface area contributed by atoms with Gasteiger partial charge in [0.15, 0.2) is 0 Å². The molecule has 1 aliphatic heterocycles. The van der Waals surface area contributed by atoms with E-state index in [-0.39, 0.29) is 5.91 Å². The molecular formula is C18H20BrN3O. The van der Waals surface area contributed by atoms with Crippen LogP contribution in [0.4, 0.5) is 11.4 Å². The number of nitrogens with one attached hydrogen (secondary N) is 1. The van der Waals surface area contributed by atoms with Crippen LogP contribution in [0.5, 0.6) is 0 Å². The highest BCUT2D eigenvalue weighted by Gasteiger charge is 2.14. The van der Waals surface area contributed by atoms with Gasteiger partial charge in [-0.2, -0.15) is 0 Å². The number of aromatic nitrogens is 1. The number of benzene rings is 1. The number of nitrogens with zero attached hydrogens (tertiary/aromatic N) is 2. The van der Waals surface area contributed by atoms with Crippen LogP contribution in [0, 0.1) is 6.92 Å². The van der Waals surface area contributed by atoms with Crippen LogP contribution in [0.2, 0.25) is 0 Å². The molecule has 0 saturated carbocycles. The van der Waals surface area contributed by atoms with Gasteiger partial charge in [-0.3, -0.25) is 9.78 Å². The van der Waals surface area contributed by atoms with E-state index in [4.69, 9.17) is 0 Å². The molecule has 0 radical (unpaired) electrons. The molecule has 1 aromatic carbocycles. The Morgan fingerprint density at radius 1 is 1.17 bits per heavy atom. The summed E-state index contributed by atoms with van der Waals surface area (Å²) in [4.78, 5) is 19.0. The molecule has 0 spiro atoms. The number of amides is 1. The van der Waals surface area contributed by atoms with Gasteiger partial charge in [-0.15, -0.1) is 0 Å². The SMILES string of the molecule is Cc1cc(NC(=O)c2cc(N3CCCCC3)ccn2)ccc1Br. The lowest BCUT2D eigenvalue weighted by atomic mass is 10.1. The van der Waals surface area contributed by atoms with Crippen molar-refractivity contribution < 1.29 is 4.79 Å². The number of pyridine rings is 1. The van der Waals surface area contributed by atoms with Crippen molar-refractivity contribution in [3.63, 3.8) is 0 Å². The number of rotatable bonds is 3. The fourth-order valence-corrected chi connectivity index (χ4v) is 3.06. The molecular weight excluding hydrogens is 354 g/mol. The van der Waals surface area contributed by atoms with Gasteiger partial charge in [-0.1, -0.05) is 15.9 Å². The summed E-state index contributed by atoms with van der Waals surface area (Å²) < 4.78 is 1.03. The zero-order valence-electron chi connectivity index (χ0n) is 13.2. The fourth-order valence-electron chi connectivity index (χ4n) is 2.81. The summed E-state index contributed by atoms with van der Waals surface area (Å²) >= 11 is 3.46. The minimum absolute atomic E-state index is 0.175. The number of carbonyl (C=O) groups is 1. The van der Waals surface area contributed by atoms with E-state index in [1.165, 1.54) is 19.3 Å². The maximum absolute atomic E-state index is 12.4. The minimum atomic E-state index is -0.175. The van der Waals surface area contributed by atoms with Crippen molar-refractivity contribution in [3.8, 4) is 0 Å². The number of piperidine rings is 1. The Labute approximate surface area is 145 Å². The van der Waals surface area contributed by atoms with Gasteiger partial charge >= 0.3 is 0 Å². The van der Waals surface area contributed by atoms with Crippen molar-refractivity contribution >= 4 is 33.2 Å². The van der Waals surface area contributed by atoms with Gasteiger partial charge in [-0.25, -0.2) is 0 Å². The third-order valence-corrected chi connectivity index (χ3v) is 5.00.